The largest absolute Gasteiger partial charge is 0.380 e. The number of alkyl halides is 1. The summed E-state index contributed by atoms with van der Waals surface area (Å²) in [5.41, 5.74) is 1.41. The summed E-state index contributed by atoms with van der Waals surface area (Å²) < 4.78 is 5.43. The first-order chi connectivity index (χ1) is 8.81. The summed E-state index contributed by atoms with van der Waals surface area (Å²) in [5.74, 6) is 0.549. The summed E-state index contributed by atoms with van der Waals surface area (Å²) in [6, 6.07) is 10.7. The second kappa shape index (κ2) is 9.54. The van der Waals surface area contributed by atoms with Crippen molar-refractivity contribution >= 4 is 15.9 Å². The Morgan fingerprint density at radius 2 is 1.94 bits per heavy atom. The Kier molecular flexibility index (Phi) is 8.31. The number of nitrogens with zero attached hydrogens (tertiary/aromatic N) is 1. The van der Waals surface area contributed by atoms with Crippen LogP contribution in [0.1, 0.15) is 25.3 Å². The normalized spacial score (nSPS) is 12.9. The van der Waals surface area contributed by atoms with Gasteiger partial charge in [-0.05, 0) is 19.0 Å². The minimum Gasteiger partial charge on any atom is -0.380 e. The maximum absolute atomic E-state index is 5.43. The summed E-state index contributed by atoms with van der Waals surface area (Å²) >= 11 is 3.63. The molecule has 1 rings (SSSR count). The summed E-state index contributed by atoms with van der Waals surface area (Å²) in [6.45, 7) is 9.05. The molecule has 0 aliphatic carbocycles. The van der Waals surface area contributed by atoms with E-state index in [2.05, 4.69) is 58.1 Å². The van der Waals surface area contributed by atoms with Crippen LogP contribution < -0.4 is 0 Å². The van der Waals surface area contributed by atoms with Gasteiger partial charge in [-0.3, -0.25) is 0 Å². The van der Waals surface area contributed by atoms with E-state index in [1.54, 1.807) is 0 Å². The van der Waals surface area contributed by atoms with E-state index in [-0.39, 0.29) is 0 Å². The highest BCUT2D eigenvalue weighted by Crippen LogP contribution is 2.19. The second-order valence-corrected chi connectivity index (χ2v) is 5.00. The molecule has 0 aliphatic rings. The van der Waals surface area contributed by atoms with Gasteiger partial charge in [-0.2, -0.15) is 0 Å². The summed E-state index contributed by atoms with van der Waals surface area (Å²) in [6.07, 6.45) is 0. The topological polar surface area (TPSA) is 12.5 Å². The standard InChI is InChI=1S/C15H24BrNO/c1-3-17(10-11-18-4-2)13-15(12-16)14-8-6-5-7-9-14/h5-9,15H,3-4,10-13H2,1-2H3. The number of likely N-dealkylation sites (N-methyl/N-ethyl adjacent to an activating group) is 1. The SMILES string of the molecule is CCOCCN(CC)CC(CBr)c1ccccc1. The molecule has 0 radical (unpaired) electrons. The van der Waals surface area contributed by atoms with Gasteiger partial charge >= 0.3 is 0 Å². The van der Waals surface area contributed by atoms with E-state index in [9.17, 15) is 0 Å². The average molecular weight is 314 g/mol. The predicted molar refractivity (Wildman–Crippen MR) is 81.6 cm³/mol. The minimum absolute atomic E-state index is 0.549. The third kappa shape index (κ3) is 5.51. The first-order valence-corrected chi connectivity index (χ1v) is 7.84. The van der Waals surface area contributed by atoms with Crippen molar-refractivity contribution in [2.24, 2.45) is 0 Å². The number of hydrogen-bond donors (Lipinski definition) is 0. The number of benzene rings is 1. The molecule has 18 heavy (non-hydrogen) atoms. The van der Waals surface area contributed by atoms with Crippen molar-refractivity contribution < 1.29 is 4.74 Å². The molecule has 0 N–H and O–H groups in total. The molecule has 0 saturated heterocycles. The van der Waals surface area contributed by atoms with E-state index in [0.29, 0.717) is 5.92 Å². The van der Waals surface area contributed by atoms with Crippen molar-refractivity contribution in [1.29, 1.82) is 0 Å². The van der Waals surface area contributed by atoms with Gasteiger partial charge in [0.1, 0.15) is 0 Å². The van der Waals surface area contributed by atoms with Gasteiger partial charge < -0.3 is 9.64 Å². The van der Waals surface area contributed by atoms with Gasteiger partial charge in [0.05, 0.1) is 6.61 Å². The molecule has 3 heteroatoms. The molecule has 1 aromatic rings. The Morgan fingerprint density at radius 3 is 2.50 bits per heavy atom. The molecule has 102 valence electrons. The lowest BCUT2D eigenvalue weighted by molar-refractivity contribution is 0.113. The van der Waals surface area contributed by atoms with Crippen molar-refractivity contribution in [2.75, 3.05) is 38.2 Å². The quantitative estimate of drug-likeness (QED) is 0.511. The van der Waals surface area contributed by atoms with E-state index in [0.717, 1.165) is 38.2 Å². The highest BCUT2D eigenvalue weighted by molar-refractivity contribution is 9.09. The summed E-state index contributed by atoms with van der Waals surface area (Å²) in [5, 5.41) is 1.00. The molecule has 0 aromatic heterocycles. The van der Waals surface area contributed by atoms with Crippen LogP contribution in [0.2, 0.25) is 0 Å². The second-order valence-electron chi connectivity index (χ2n) is 4.35. The van der Waals surface area contributed by atoms with Gasteiger partial charge in [-0.1, -0.05) is 53.2 Å². The molecule has 1 atom stereocenters. The number of rotatable bonds is 9. The van der Waals surface area contributed by atoms with Gasteiger partial charge in [0, 0.05) is 30.9 Å². The van der Waals surface area contributed by atoms with Crippen molar-refractivity contribution in [3.63, 3.8) is 0 Å². The molecule has 1 aromatic carbocycles. The molecule has 0 spiro atoms. The molecule has 2 nitrogen and oxygen atoms in total. The van der Waals surface area contributed by atoms with Crippen molar-refractivity contribution in [3.8, 4) is 0 Å². The van der Waals surface area contributed by atoms with E-state index >= 15 is 0 Å². The molecular formula is C15H24BrNO. The first-order valence-electron chi connectivity index (χ1n) is 6.72. The predicted octanol–water partition coefficient (Wildman–Crippen LogP) is 3.52. The van der Waals surface area contributed by atoms with Crippen molar-refractivity contribution in [1.82, 2.24) is 4.90 Å². The van der Waals surface area contributed by atoms with E-state index < -0.39 is 0 Å². The van der Waals surface area contributed by atoms with Crippen LogP contribution in [0.15, 0.2) is 30.3 Å². The minimum atomic E-state index is 0.549. The lowest BCUT2D eigenvalue weighted by Crippen LogP contribution is -2.32. The highest BCUT2D eigenvalue weighted by atomic mass is 79.9. The fourth-order valence-corrected chi connectivity index (χ4v) is 2.58. The van der Waals surface area contributed by atoms with E-state index in [1.807, 2.05) is 6.92 Å². The fourth-order valence-electron chi connectivity index (χ4n) is 2.00. The molecule has 1 unspecified atom stereocenters. The molecule has 0 amide bonds. The number of ether oxygens (including phenoxy) is 1. The van der Waals surface area contributed by atoms with Crippen LogP contribution in [0.4, 0.5) is 0 Å². The summed E-state index contributed by atoms with van der Waals surface area (Å²) in [4.78, 5) is 2.45. The van der Waals surface area contributed by atoms with Crippen LogP contribution in [0, 0.1) is 0 Å². The number of halogens is 1. The zero-order chi connectivity index (χ0) is 13.2. The Labute approximate surface area is 119 Å². The third-order valence-electron chi connectivity index (χ3n) is 3.14. The molecule has 0 fully saturated rings. The van der Waals surface area contributed by atoms with Gasteiger partial charge in [-0.15, -0.1) is 0 Å². The molecular weight excluding hydrogens is 290 g/mol. The van der Waals surface area contributed by atoms with Crippen LogP contribution in [0.5, 0.6) is 0 Å². The lowest BCUT2D eigenvalue weighted by Gasteiger charge is -2.25. The van der Waals surface area contributed by atoms with Crippen molar-refractivity contribution in [3.05, 3.63) is 35.9 Å². The molecule has 0 bridgehead atoms. The average Bonchev–Trinajstić information content (AvgIpc) is 2.43. The van der Waals surface area contributed by atoms with Gasteiger partial charge in [0.2, 0.25) is 0 Å². The Morgan fingerprint density at radius 1 is 1.22 bits per heavy atom. The Bertz CT molecular complexity index is 305. The van der Waals surface area contributed by atoms with E-state index in [4.69, 9.17) is 4.74 Å². The highest BCUT2D eigenvalue weighted by Gasteiger charge is 2.13. The zero-order valence-corrected chi connectivity index (χ0v) is 13.0. The molecule has 0 heterocycles. The van der Waals surface area contributed by atoms with Crippen LogP contribution >= 0.6 is 15.9 Å². The Hall–Kier alpha value is -0.380. The fraction of sp³-hybridized carbons (Fsp3) is 0.600. The van der Waals surface area contributed by atoms with Gasteiger partial charge in [0.25, 0.3) is 0 Å². The van der Waals surface area contributed by atoms with E-state index in [1.165, 1.54) is 5.56 Å². The van der Waals surface area contributed by atoms with Gasteiger partial charge in [0.15, 0.2) is 0 Å². The summed E-state index contributed by atoms with van der Waals surface area (Å²) in [7, 11) is 0. The van der Waals surface area contributed by atoms with Crippen LogP contribution in [0.3, 0.4) is 0 Å². The van der Waals surface area contributed by atoms with Crippen molar-refractivity contribution in [2.45, 2.75) is 19.8 Å². The van der Waals surface area contributed by atoms with Crippen LogP contribution in [-0.2, 0) is 4.74 Å². The third-order valence-corrected chi connectivity index (χ3v) is 3.92. The number of hydrogen-bond acceptors (Lipinski definition) is 2. The smallest absolute Gasteiger partial charge is 0.0593 e. The van der Waals surface area contributed by atoms with Crippen LogP contribution in [-0.4, -0.2) is 43.1 Å². The monoisotopic (exact) mass is 313 g/mol. The maximum Gasteiger partial charge on any atom is 0.0593 e. The Balaban J connectivity index is 2.50. The van der Waals surface area contributed by atoms with Gasteiger partial charge in [-0.25, -0.2) is 0 Å². The first kappa shape index (κ1) is 15.7. The molecule has 0 saturated carbocycles. The maximum atomic E-state index is 5.43. The lowest BCUT2D eigenvalue weighted by atomic mass is 10.0. The van der Waals surface area contributed by atoms with Crippen LogP contribution in [0.25, 0.3) is 0 Å². The molecule has 0 aliphatic heterocycles. The zero-order valence-electron chi connectivity index (χ0n) is 11.4.